The van der Waals surface area contributed by atoms with Crippen molar-refractivity contribution >= 4 is 21.7 Å². The highest BCUT2D eigenvalue weighted by atomic mass is 32.2. The minimum absolute atomic E-state index is 0.102. The molecule has 0 radical (unpaired) electrons. The number of rotatable bonds is 4. The largest absolute Gasteiger partial charge is 0.511 e. The van der Waals surface area contributed by atoms with Crippen LogP contribution >= 0.6 is 0 Å². The highest BCUT2D eigenvalue weighted by Gasteiger charge is 2.37. The van der Waals surface area contributed by atoms with E-state index in [1.165, 1.54) is 38.1 Å². The van der Waals surface area contributed by atoms with Crippen molar-refractivity contribution in [2.75, 3.05) is 6.26 Å². The third-order valence-corrected chi connectivity index (χ3v) is 4.99. The molecule has 134 valence electrons. The van der Waals surface area contributed by atoms with Crippen LogP contribution in [0.1, 0.15) is 25.3 Å². The van der Waals surface area contributed by atoms with Crippen molar-refractivity contribution in [3.63, 3.8) is 0 Å². The molecule has 0 amide bonds. The van der Waals surface area contributed by atoms with Gasteiger partial charge in [-0.2, -0.15) is 0 Å². The van der Waals surface area contributed by atoms with Gasteiger partial charge in [-0.25, -0.2) is 13.2 Å². The summed E-state index contributed by atoms with van der Waals surface area (Å²) < 4.78 is 29.4. The number of nitro benzene ring substituents is 1. The molecular weight excluding hydrogens is 352 g/mol. The van der Waals surface area contributed by atoms with E-state index in [4.69, 9.17) is 9.84 Å². The molecule has 0 saturated heterocycles. The molecule has 2 rings (SSSR count). The van der Waals surface area contributed by atoms with E-state index in [-0.39, 0.29) is 21.9 Å². The van der Waals surface area contributed by atoms with Gasteiger partial charge in [-0.1, -0.05) is 12.1 Å². The number of nitrogens with one attached hydrogen (secondary N) is 1. The summed E-state index contributed by atoms with van der Waals surface area (Å²) in [6.45, 7) is 3.06. The Hall–Kier alpha value is -2.88. The first-order chi connectivity index (χ1) is 11.5. The van der Waals surface area contributed by atoms with Crippen molar-refractivity contribution in [1.82, 2.24) is 5.32 Å². The second kappa shape index (κ2) is 6.55. The molecule has 1 aliphatic heterocycles. The number of ether oxygens (including phenoxy) is 1. The van der Waals surface area contributed by atoms with Crippen LogP contribution in [0.4, 0.5) is 10.5 Å². The maximum Gasteiger partial charge on any atom is 0.511 e. The number of allylic oxidation sites excluding steroid dienone is 3. The van der Waals surface area contributed by atoms with Crippen molar-refractivity contribution in [3.8, 4) is 0 Å². The number of carboxylic acid groups (broad SMARTS) is 1. The molecule has 25 heavy (non-hydrogen) atoms. The minimum atomic E-state index is -3.76. The number of hydrogen-bond acceptors (Lipinski definition) is 7. The number of carbonyl (C=O) groups is 1. The first kappa shape index (κ1) is 18.5. The lowest BCUT2D eigenvalue weighted by Crippen LogP contribution is -2.29. The zero-order valence-corrected chi connectivity index (χ0v) is 14.5. The molecule has 1 atom stereocenters. The second-order valence-corrected chi connectivity index (χ2v) is 7.51. The zero-order valence-electron chi connectivity index (χ0n) is 13.6. The van der Waals surface area contributed by atoms with Crippen LogP contribution in [0.3, 0.4) is 0 Å². The van der Waals surface area contributed by atoms with Gasteiger partial charge in [-0.05, 0) is 19.4 Å². The molecule has 10 heteroatoms. The summed E-state index contributed by atoms with van der Waals surface area (Å²) in [6, 6.07) is 5.35. The van der Waals surface area contributed by atoms with Crippen LogP contribution in [0.25, 0.3) is 0 Å². The van der Waals surface area contributed by atoms with E-state index < -0.39 is 26.8 Å². The maximum atomic E-state index is 12.3. The predicted octanol–water partition coefficient (Wildman–Crippen LogP) is 2.48. The molecule has 1 unspecified atom stereocenters. The average molecular weight is 368 g/mol. The molecule has 1 aliphatic rings. The fraction of sp³-hybridized carbons (Fsp3) is 0.267. The van der Waals surface area contributed by atoms with E-state index in [9.17, 15) is 23.3 Å². The quantitative estimate of drug-likeness (QED) is 0.470. The Kier molecular flexibility index (Phi) is 4.84. The zero-order chi connectivity index (χ0) is 18.9. The van der Waals surface area contributed by atoms with Crippen molar-refractivity contribution < 1.29 is 28.0 Å². The summed E-state index contributed by atoms with van der Waals surface area (Å²) in [6.07, 6.45) is -0.629. The number of dihydropyridines is 1. The van der Waals surface area contributed by atoms with Gasteiger partial charge in [0.25, 0.3) is 5.69 Å². The van der Waals surface area contributed by atoms with E-state index in [1.54, 1.807) is 0 Å². The first-order valence-corrected chi connectivity index (χ1v) is 8.95. The molecule has 1 aromatic carbocycles. The lowest BCUT2D eigenvalue weighted by atomic mass is 9.92. The van der Waals surface area contributed by atoms with Gasteiger partial charge in [0, 0.05) is 24.1 Å². The van der Waals surface area contributed by atoms with E-state index in [0.29, 0.717) is 11.4 Å². The number of nitrogens with zero attached hydrogens (tertiary/aromatic N) is 1. The van der Waals surface area contributed by atoms with E-state index in [2.05, 4.69) is 5.32 Å². The Labute approximate surface area is 143 Å². The fourth-order valence-electron chi connectivity index (χ4n) is 2.80. The minimum Gasteiger partial charge on any atom is -0.449 e. The number of hydrogen-bond donors (Lipinski definition) is 2. The molecule has 0 spiro atoms. The Balaban J connectivity index is 2.75. The second-order valence-electron chi connectivity index (χ2n) is 5.53. The lowest BCUT2D eigenvalue weighted by Gasteiger charge is -2.30. The average Bonchev–Trinajstić information content (AvgIpc) is 2.48. The molecule has 0 bridgehead atoms. The smallest absolute Gasteiger partial charge is 0.449 e. The van der Waals surface area contributed by atoms with E-state index in [0.717, 1.165) is 6.26 Å². The van der Waals surface area contributed by atoms with E-state index >= 15 is 0 Å². The van der Waals surface area contributed by atoms with Crippen LogP contribution < -0.4 is 5.32 Å². The third-order valence-electron chi connectivity index (χ3n) is 3.65. The lowest BCUT2D eigenvalue weighted by molar-refractivity contribution is -0.384. The van der Waals surface area contributed by atoms with Gasteiger partial charge in [0.15, 0.2) is 9.84 Å². The monoisotopic (exact) mass is 368 g/mol. The van der Waals surface area contributed by atoms with Crippen LogP contribution in [-0.4, -0.2) is 30.9 Å². The predicted molar refractivity (Wildman–Crippen MR) is 88.3 cm³/mol. The van der Waals surface area contributed by atoms with Crippen molar-refractivity contribution in [3.05, 3.63) is 62.0 Å². The Bertz CT molecular complexity index is 916. The fourth-order valence-corrected chi connectivity index (χ4v) is 4.08. The van der Waals surface area contributed by atoms with Crippen molar-refractivity contribution in [2.24, 2.45) is 0 Å². The molecule has 9 nitrogen and oxygen atoms in total. The Morgan fingerprint density at radius 2 is 1.96 bits per heavy atom. The Morgan fingerprint density at radius 1 is 1.32 bits per heavy atom. The van der Waals surface area contributed by atoms with E-state index in [1.807, 2.05) is 0 Å². The van der Waals surface area contributed by atoms with Crippen molar-refractivity contribution in [1.29, 1.82) is 0 Å². The first-order valence-electron chi connectivity index (χ1n) is 7.06. The summed E-state index contributed by atoms with van der Waals surface area (Å²) in [5, 5.41) is 22.8. The summed E-state index contributed by atoms with van der Waals surface area (Å²) in [5.74, 6) is -1.24. The van der Waals surface area contributed by atoms with Crippen molar-refractivity contribution in [2.45, 2.75) is 19.8 Å². The number of sulfone groups is 1. The van der Waals surface area contributed by atoms with Gasteiger partial charge >= 0.3 is 6.16 Å². The summed E-state index contributed by atoms with van der Waals surface area (Å²) in [4.78, 5) is 21.4. The molecule has 1 heterocycles. The third kappa shape index (κ3) is 3.79. The molecule has 0 fully saturated rings. The number of non-ortho nitro benzene ring substituents is 1. The normalized spacial score (nSPS) is 18.0. The van der Waals surface area contributed by atoms with Gasteiger partial charge < -0.3 is 15.2 Å². The van der Waals surface area contributed by atoms with Gasteiger partial charge in [0.05, 0.1) is 21.4 Å². The van der Waals surface area contributed by atoms with Gasteiger partial charge in [0.2, 0.25) is 0 Å². The number of nitro groups is 1. The number of benzene rings is 1. The highest BCUT2D eigenvalue weighted by molar-refractivity contribution is 7.94. The standard InChI is InChI=1S/C15H16N2O7S/c1-8-13(24-15(18)19)12(14(9(2)16-8)25(3,22)23)10-5-4-6-11(7-10)17(20)21/h4-7,12,16H,1-3H3,(H,18,19). The van der Waals surface area contributed by atoms with Gasteiger partial charge in [-0.15, -0.1) is 0 Å². The highest BCUT2D eigenvalue weighted by Crippen LogP contribution is 2.41. The SMILES string of the molecule is CC1=C(OC(=O)O)C(c2cccc([N+](=O)[O-])c2)C(S(C)(=O)=O)=C(C)N1. The summed E-state index contributed by atoms with van der Waals surface area (Å²) in [7, 11) is -3.76. The van der Waals surface area contributed by atoms with Crippen LogP contribution in [0, 0.1) is 10.1 Å². The van der Waals surface area contributed by atoms with Crippen LogP contribution in [0.5, 0.6) is 0 Å². The molecule has 2 N–H and O–H groups in total. The van der Waals surface area contributed by atoms with Crippen LogP contribution in [0.2, 0.25) is 0 Å². The molecule has 1 aromatic rings. The topological polar surface area (TPSA) is 136 Å². The summed E-state index contributed by atoms with van der Waals surface area (Å²) in [5.41, 5.74) is 0.609. The maximum absolute atomic E-state index is 12.3. The van der Waals surface area contributed by atoms with Crippen LogP contribution in [-0.2, 0) is 14.6 Å². The Morgan fingerprint density at radius 3 is 2.48 bits per heavy atom. The van der Waals surface area contributed by atoms with Gasteiger partial charge in [0.1, 0.15) is 5.76 Å². The molecular formula is C15H16N2O7S. The summed E-state index contributed by atoms with van der Waals surface area (Å²) >= 11 is 0. The van der Waals surface area contributed by atoms with Crippen LogP contribution in [0.15, 0.2) is 46.3 Å². The molecule has 0 aromatic heterocycles. The van der Waals surface area contributed by atoms with Gasteiger partial charge in [-0.3, -0.25) is 10.1 Å². The molecule has 0 aliphatic carbocycles. The molecule has 0 saturated carbocycles.